The first kappa shape index (κ1) is 22.7. The minimum Gasteiger partial charge on any atom is -0.450 e. The lowest BCUT2D eigenvalue weighted by Crippen LogP contribution is -2.37. The van der Waals surface area contributed by atoms with E-state index in [2.05, 4.69) is 10.3 Å². The third-order valence-electron chi connectivity index (χ3n) is 4.43. The van der Waals surface area contributed by atoms with Gasteiger partial charge < -0.3 is 15.0 Å². The Morgan fingerprint density at radius 2 is 1.94 bits per heavy atom. The van der Waals surface area contributed by atoms with Gasteiger partial charge in [-0.3, -0.25) is 24.7 Å². The number of ether oxygens (including phenoxy) is 1. The van der Waals surface area contributed by atoms with Crippen LogP contribution in [0.3, 0.4) is 0 Å². The summed E-state index contributed by atoms with van der Waals surface area (Å²) >= 11 is 5.80. The molecule has 3 rings (SSSR count). The summed E-state index contributed by atoms with van der Waals surface area (Å²) in [5.41, 5.74) is 0.921. The van der Waals surface area contributed by atoms with Crippen molar-refractivity contribution in [2.24, 2.45) is 0 Å². The number of hydrogen-bond donors (Lipinski definition) is 1. The monoisotopic (exact) mass is 454 g/mol. The Morgan fingerprint density at radius 3 is 2.59 bits per heavy atom. The first-order valence-electron chi connectivity index (χ1n) is 9.46. The quantitative estimate of drug-likeness (QED) is 0.408. The summed E-state index contributed by atoms with van der Waals surface area (Å²) in [5.74, 6) is -0.354. The predicted octanol–water partition coefficient (Wildman–Crippen LogP) is 3.82. The highest BCUT2D eigenvalue weighted by molar-refractivity contribution is 6.30. The number of amides is 2. The summed E-state index contributed by atoms with van der Waals surface area (Å²) in [5, 5.41) is 14.0. The number of nitrogens with one attached hydrogen (secondary N) is 1. The molecule has 164 valence electrons. The second-order valence-corrected chi connectivity index (χ2v) is 7.23. The number of carbonyl (C=O) groups excluding carboxylic acids is 2. The van der Waals surface area contributed by atoms with E-state index in [4.69, 9.17) is 16.3 Å². The van der Waals surface area contributed by atoms with Crippen molar-refractivity contribution < 1.29 is 19.2 Å². The number of benzene rings is 2. The Hall–Kier alpha value is -3.98. The molecule has 0 aliphatic heterocycles. The van der Waals surface area contributed by atoms with Crippen LogP contribution in [-0.4, -0.2) is 40.2 Å². The molecule has 0 fully saturated rings. The Balaban J connectivity index is 1.56. The molecule has 32 heavy (non-hydrogen) atoms. The first-order chi connectivity index (χ1) is 15.3. The van der Waals surface area contributed by atoms with Crippen molar-refractivity contribution in [3.63, 3.8) is 0 Å². The summed E-state index contributed by atoms with van der Waals surface area (Å²) < 4.78 is 5.55. The predicted molar refractivity (Wildman–Crippen MR) is 118 cm³/mol. The van der Waals surface area contributed by atoms with Crippen LogP contribution in [0.15, 0.2) is 67.0 Å². The van der Waals surface area contributed by atoms with Gasteiger partial charge in [-0.2, -0.15) is 0 Å². The van der Waals surface area contributed by atoms with Crippen LogP contribution in [0.25, 0.3) is 0 Å². The van der Waals surface area contributed by atoms with E-state index >= 15 is 0 Å². The van der Waals surface area contributed by atoms with Crippen LogP contribution >= 0.6 is 11.6 Å². The molecule has 0 radical (unpaired) electrons. The van der Waals surface area contributed by atoms with Crippen molar-refractivity contribution in [2.75, 3.05) is 13.6 Å². The van der Waals surface area contributed by atoms with Crippen LogP contribution in [0.2, 0.25) is 5.02 Å². The van der Waals surface area contributed by atoms with Crippen LogP contribution in [0.4, 0.5) is 5.69 Å². The minimum absolute atomic E-state index is 0.0267. The number of carbonyl (C=O) groups is 2. The highest BCUT2D eigenvalue weighted by Gasteiger charge is 2.17. The molecule has 3 aromatic rings. The molecule has 1 heterocycles. The van der Waals surface area contributed by atoms with Crippen molar-refractivity contribution in [3.8, 4) is 11.5 Å². The molecule has 0 aliphatic rings. The van der Waals surface area contributed by atoms with Crippen molar-refractivity contribution >= 4 is 29.1 Å². The summed E-state index contributed by atoms with van der Waals surface area (Å²) in [6.45, 7) is 0.218. The van der Waals surface area contributed by atoms with Gasteiger partial charge in [0.25, 0.3) is 5.91 Å². The van der Waals surface area contributed by atoms with E-state index in [9.17, 15) is 19.7 Å². The maximum absolute atomic E-state index is 12.3. The van der Waals surface area contributed by atoms with E-state index in [0.29, 0.717) is 17.9 Å². The van der Waals surface area contributed by atoms with Crippen LogP contribution in [0, 0.1) is 10.1 Å². The number of nitro benzene ring substituents is 1. The normalized spacial score (nSPS) is 10.3. The molecule has 9 nitrogen and oxygen atoms in total. The number of hydrogen-bond acceptors (Lipinski definition) is 6. The summed E-state index contributed by atoms with van der Waals surface area (Å²) in [6, 6.07) is 13.7. The van der Waals surface area contributed by atoms with Crippen molar-refractivity contribution in [3.05, 3.63) is 93.3 Å². The molecule has 10 heteroatoms. The SMILES string of the molecule is CN(Cc1cccnc1)C(=O)CNC(=O)c1ccc(Oc2ccc(Cl)cc2[N+](=O)[O-])cc1. The number of pyridine rings is 1. The lowest BCUT2D eigenvalue weighted by atomic mass is 10.2. The number of nitrogens with zero attached hydrogens (tertiary/aromatic N) is 3. The van der Waals surface area contributed by atoms with E-state index in [1.165, 1.54) is 47.4 Å². The average molecular weight is 455 g/mol. The molecule has 0 spiro atoms. The highest BCUT2D eigenvalue weighted by atomic mass is 35.5. The lowest BCUT2D eigenvalue weighted by molar-refractivity contribution is -0.385. The maximum Gasteiger partial charge on any atom is 0.313 e. The molecule has 1 N–H and O–H groups in total. The van der Waals surface area contributed by atoms with Gasteiger partial charge in [0.05, 0.1) is 11.5 Å². The van der Waals surface area contributed by atoms with Gasteiger partial charge in [0.15, 0.2) is 0 Å². The van der Waals surface area contributed by atoms with E-state index in [1.54, 1.807) is 25.5 Å². The van der Waals surface area contributed by atoms with E-state index < -0.39 is 10.8 Å². The fourth-order valence-corrected chi connectivity index (χ4v) is 2.93. The summed E-state index contributed by atoms with van der Waals surface area (Å²) in [6.07, 6.45) is 3.32. The zero-order chi connectivity index (χ0) is 23.1. The Labute approximate surface area is 188 Å². The van der Waals surface area contributed by atoms with E-state index in [-0.39, 0.29) is 28.9 Å². The van der Waals surface area contributed by atoms with Gasteiger partial charge in [0, 0.05) is 42.6 Å². The number of likely N-dealkylation sites (N-methyl/N-ethyl adjacent to an activating group) is 1. The molecule has 2 amide bonds. The standard InChI is InChI=1S/C22H19ClN4O5/c1-26(14-15-3-2-10-24-12-15)21(28)13-25-22(29)16-4-7-18(8-5-16)32-20-9-6-17(23)11-19(20)27(30)31/h2-12H,13-14H2,1H3,(H,25,29). The Kier molecular flexibility index (Phi) is 7.35. The van der Waals surface area contributed by atoms with Gasteiger partial charge in [0.2, 0.25) is 11.7 Å². The minimum atomic E-state index is -0.592. The zero-order valence-electron chi connectivity index (χ0n) is 17.0. The van der Waals surface area contributed by atoms with Crippen molar-refractivity contribution in [1.82, 2.24) is 15.2 Å². The van der Waals surface area contributed by atoms with Gasteiger partial charge in [-0.05, 0) is 48.0 Å². The largest absolute Gasteiger partial charge is 0.450 e. The van der Waals surface area contributed by atoms with Gasteiger partial charge in [0.1, 0.15) is 5.75 Å². The molecule has 0 saturated carbocycles. The van der Waals surface area contributed by atoms with Gasteiger partial charge >= 0.3 is 5.69 Å². The molecule has 0 atom stereocenters. The molecular formula is C22H19ClN4O5. The molecule has 1 aromatic heterocycles. The first-order valence-corrected chi connectivity index (χ1v) is 9.84. The smallest absolute Gasteiger partial charge is 0.313 e. The maximum atomic E-state index is 12.3. The van der Waals surface area contributed by atoms with Crippen molar-refractivity contribution in [2.45, 2.75) is 6.54 Å². The summed E-state index contributed by atoms with van der Waals surface area (Å²) in [7, 11) is 1.64. The van der Waals surface area contributed by atoms with Gasteiger partial charge in [-0.15, -0.1) is 0 Å². The number of halogens is 1. The lowest BCUT2D eigenvalue weighted by Gasteiger charge is -2.17. The molecular weight excluding hydrogens is 436 g/mol. The number of nitro groups is 1. The van der Waals surface area contributed by atoms with Crippen LogP contribution in [-0.2, 0) is 11.3 Å². The second kappa shape index (κ2) is 10.4. The third kappa shape index (κ3) is 6.02. The molecule has 2 aromatic carbocycles. The van der Waals surface area contributed by atoms with Crippen LogP contribution < -0.4 is 10.1 Å². The van der Waals surface area contributed by atoms with Crippen molar-refractivity contribution in [1.29, 1.82) is 0 Å². The van der Waals surface area contributed by atoms with E-state index in [1.807, 2.05) is 6.07 Å². The topological polar surface area (TPSA) is 115 Å². The Morgan fingerprint density at radius 1 is 1.19 bits per heavy atom. The van der Waals surface area contributed by atoms with Crippen LogP contribution in [0.1, 0.15) is 15.9 Å². The Bertz CT molecular complexity index is 1120. The number of aromatic nitrogens is 1. The van der Waals surface area contributed by atoms with E-state index in [0.717, 1.165) is 5.56 Å². The summed E-state index contributed by atoms with van der Waals surface area (Å²) in [4.78, 5) is 40.7. The number of rotatable bonds is 8. The third-order valence-corrected chi connectivity index (χ3v) is 4.67. The second-order valence-electron chi connectivity index (χ2n) is 6.79. The highest BCUT2D eigenvalue weighted by Crippen LogP contribution is 2.33. The fraction of sp³-hybridized carbons (Fsp3) is 0.136. The van der Waals surface area contributed by atoms with Crippen LogP contribution in [0.5, 0.6) is 11.5 Å². The molecule has 0 saturated heterocycles. The zero-order valence-corrected chi connectivity index (χ0v) is 17.8. The molecule has 0 unspecified atom stereocenters. The fourth-order valence-electron chi connectivity index (χ4n) is 2.77. The van der Waals surface area contributed by atoms with Gasteiger partial charge in [-0.1, -0.05) is 17.7 Å². The van der Waals surface area contributed by atoms with Gasteiger partial charge in [-0.25, -0.2) is 0 Å². The molecule has 0 bridgehead atoms. The molecule has 0 aliphatic carbocycles. The average Bonchev–Trinajstić information content (AvgIpc) is 2.79.